The Morgan fingerprint density at radius 2 is 1.82 bits per heavy atom. The zero-order valence-electron chi connectivity index (χ0n) is 22.8. The Morgan fingerprint density at radius 1 is 1.13 bits per heavy atom. The van der Waals surface area contributed by atoms with Gasteiger partial charge in [-0.1, -0.05) is 19.1 Å². The van der Waals surface area contributed by atoms with Crippen LogP contribution in [-0.2, 0) is 19.1 Å². The van der Waals surface area contributed by atoms with Gasteiger partial charge in [0, 0.05) is 64.2 Å². The van der Waals surface area contributed by atoms with Crippen molar-refractivity contribution in [1.82, 2.24) is 19.6 Å². The number of likely N-dealkylation sites (tertiary alicyclic amines) is 1. The number of amides is 3. The average molecular weight is 549 g/mol. The number of nitrogens with zero attached hydrogens (tertiary/aromatic N) is 4. The summed E-state index contributed by atoms with van der Waals surface area (Å²) < 4.78 is 4.85. The van der Waals surface area contributed by atoms with Crippen LogP contribution in [0.25, 0.3) is 0 Å². The standard InChI is InChI=1S/C28H44N4O5S/c1-4-10-30(11-5-2)25(34)22-21-8-9-28(38-21)23(22)26(35)32(13-7-18-33)24(28)27(36)31(12-6-3)15-14-29-16-19-37-20-17-29/h4,6,21-24,33H,1,3,5,7-20H2,2H3/t21-,22+,23+,24?,28?/m1/s1. The molecule has 0 aliphatic carbocycles. The Bertz CT molecular complexity index is 896. The zero-order chi connectivity index (χ0) is 27.3. The lowest BCUT2D eigenvalue weighted by molar-refractivity contribution is -0.144. The van der Waals surface area contributed by atoms with E-state index >= 15 is 0 Å². The van der Waals surface area contributed by atoms with Crippen LogP contribution in [0.3, 0.4) is 0 Å². The molecular formula is C28H44N4O5S. The lowest BCUT2D eigenvalue weighted by atomic mass is 9.70. The molecule has 10 heteroatoms. The van der Waals surface area contributed by atoms with E-state index in [0.717, 1.165) is 38.9 Å². The van der Waals surface area contributed by atoms with Crippen molar-refractivity contribution in [2.24, 2.45) is 11.8 Å². The van der Waals surface area contributed by atoms with E-state index in [1.807, 2.05) is 16.7 Å². The Labute approximate surface area is 231 Å². The zero-order valence-corrected chi connectivity index (χ0v) is 23.6. The number of carbonyl (C=O) groups is 3. The minimum Gasteiger partial charge on any atom is -0.396 e. The minimum absolute atomic E-state index is 0.00893. The van der Waals surface area contributed by atoms with Gasteiger partial charge >= 0.3 is 0 Å². The number of carbonyl (C=O) groups excluding carboxylic acids is 3. The maximum absolute atomic E-state index is 14.3. The molecule has 2 bridgehead atoms. The van der Waals surface area contributed by atoms with Crippen molar-refractivity contribution in [1.29, 1.82) is 0 Å². The van der Waals surface area contributed by atoms with Gasteiger partial charge in [0.25, 0.3) is 0 Å². The number of rotatable bonds is 14. The number of aliphatic hydroxyl groups is 1. The highest BCUT2D eigenvalue weighted by Gasteiger charge is 2.73. The summed E-state index contributed by atoms with van der Waals surface area (Å²) in [4.78, 5) is 49.9. The van der Waals surface area contributed by atoms with E-state index in [2.05, 4.69) is 18.1 Å². The molecule has 4 saturated heterocycles. The molecule has 4 aliphatic heterocycles. The van der Waals surface area contributed by atoms with Crippen molar-refractivity contribution in [3.8, 4) is 0 Å². The second kappa shape index (κ2) is 13.0. The van der Waals surface area contributed by atoms with Gasteiger partial charge in [0.2, 0.25) is 17.7 Å². The molecule has 4 fully saturated rings. The van der Waals surface area contributed by atoms with E-state index in [-0.39, 0.29) is 29.6 Å². The van der Waals surface area contributed by atoms with Gasteiger partial charge in [0.05, 0.1) is 29.8 Å². The number of aliphatic hydroxyl groups excluding tert-OH is 1. The lowest BCUT2D eigenvalue weighted by Gasteiger charge is -2.38. The number of ether oxygens (including phenoxy) is 1. The number of fused-ring (bicyclic) bond motifs is 1. The van der Waals surface area contributed by atoms with E-state index in [9.17, 15) is 19.5 Å². The fourth-order valence-electron chi connectivity index (χ4n) is 6.83. The molecule has 212 valence electrons. The van der Waals surface area contributed by atoms with Crippen molar-refractivity contribution < 1.29 is 24.2 Å². The van der Waals surface area contributed by atoms with E-state index in [1.165, 1.54) is 0 Å². The monoisotopic (exact) mass is 548 g/mol. The maximum atomic E-state index is 14.3. The van der Waals surface area contributed by atoms with E-state index in [4.69, 9.17) is 4.74 Å². The van der Waals surface area contributed by atoms with Gasteiger partial charge in [-0.25, -0.2) is 0 Å². The first kappa shape index (κ1) is 29.1. The van der Waals surface area contributed by atoms with Crippen LogP contribution in [0.1, 0.15) is 32.6 Å². The van der Waals surface area contributed by atoms with Crippen molar-refractivity contribution in [3.63, 3.8) is 0 Å². The first-order chi connectivity index (χ1) is 18.4. The second-order valence-corrected chi connectivity index (χ2v) is 12.4. The third kappa shape index (κ3) is 5.42. The smallest absolute Gasteiger partial charge is 0.247 e. The third-order valence-corrected chi connectivity index (χ3v) is 10.4. The summed E-state index contributed by atoms with van der Waals surface area (Å²) >= 11 is 1.70. The molecule has 3 amide bonds. The van der Waals surface area contributed by atoms with Crippen LogP contribution in [0.4, 0.5) is 0 Å². The molecule has 4 rings (SSSR count). The average Bonchev–Trinajstić information content (AvgIpc) is 3.57. The predicted molar refractivity (Wildman–Crippen MR) is 149 cm³/mol. The molecular weight excluding hydrogens is 504 g/mol. The molecule has 0 aromatic heterocycles. The quantitative estimate of drug-likeness (QED) is 0.327. The topological polar surface area (TPSA) is 93.6 Å². The summed E-state index contributed by atoms with van der Waals surface area (Å²) in [6.45, 7) is 15.8. The fraction of sp³-hybridized carbons (Fsp3) is 0.750. The highest BCUT2D eigenvalue weighted by Crippen LogP contribution is 2.66. The molecule has 0 saturated carbocycles. The predicted octanol–water partition coefficient (Wildman–Crippen LogP) is 1.23. The fourth-order valence-corrected chi connectivity index (χ4v) is 9.04. The van der Waals surface area contributed by atoms with Crippen LogP contribution >= 0.6 is 11.8 Å². The van der Waals surface area contributed by atoms with Gasteiger partial charge in [-0.05, 0) is 25.7 Å². The molecule has 9 nitrogen and oxygen atoms in total. The Hall–Kier alpha value is -1.88. The molecule has 5 atom stereocenters. The first-order valence-electron chi connectivity index (χ1n) is 14.1. The van der Waals surface area contributed by atoms with Crippen LogP contribution in [-0.4, -0.2) is 131 Å². The van der Waals surface area contributed by atoms with E-state index in [1.54, 1.807) is 28.8 Å². The SMILES string of the molecule is C=CCN(CCN1CCOCC1)C(=O)C1N(CCCO)C(=O)[C@@H]2[C@@H](C(=O)N(CC=C)CCC)[C@H]3CCC12S3. The largest absolute Gasteiger partial charge is 0.396 e. The van der Waals surface area contributed by atoms with E-state index < -0.39 is 22.6 Å². The number of hydrogen-bond acceptors (Lipinski definition) is 7. The van der Waals surface area contributed by atoms with Crippen LogP contribution in [0.5, 0.6) is 0 Å². The Kier molecular flexibility index (Phi) is 9.95. The molecule has 1 N–H and O–H groups in total. The van der Waals surface area contributed by atoms with Gasteiger partial charge in [-0.15, -0.1) is 24.9 Å². The lowest BCUT2D eigenvalue weighted by Crippen LogP contribution is -2.56. The summed E-state index contributed by atoms with van der Waals surface area (Å²) in [6, 6.07) is -0.636. The van der Waals surface area contributed by atoms with Crippen molar-refractivity contribution in [3.05, 3.63) is 25.3 Å². The summed E-state index contributed by atoms with van der Waals surface area (Å²) in [5.41, 5.74) is 0. The molecule has 0 aromatic carbocycles. The van der Waals surface area contributed by atoms with Crippen LogP contribution in [0.2, 0.25) is 0 Å². The third-order valence-electron chi connectivity index (χ3n) is 8.48. The van der Waals surface area contributed by atoms with Gasteiger partial charge < -0.3 is 24.5 Å². The summed E-state index contributed by atoms with van der Waals surface area (Å²) in [6.07, 6.45) is 6.28. The number of thioether (sulfide) groups is 1. The number of morpholine rings is 1. The summed E-state index contributed by atoms with van der Waals surface area (Å²) in [5.74, 6) is -1.10. The van der Waals surface area contributed by atoms with Crippen molar-refractivity contribution in [2.75, 3.05) is 72.2 Å². The van der Waals surface area contributed by atoms with Crippen LogP contribution < -0.4 is 0 Å². The highest BCUT2D eigenvalue weighted by molar-refractivity contribution is 8.02. The first-order valence-corrected chi connectivity index (χ1v) is 15.0. The Morgan fingerprint density at radius 3 is 2.45 bits per heavy atom. The van der Waals surface area contributed by atoms with Crippen LogP contribution in [0, 0.1) is 11.8 Å². The molecule has 0 aromatic rings. The molecule has 4 heterocycles. The van der Waals surface area contributed by atoms with Crippen molar-refractivity contribution in [2.45, 2.75) is 48.6 Å². The maximum Gasteiger partial charge on any atom is 0.247 e. The Balaban J connectivity index is 1.62. The summed E-state index contributed by atoms with van der Waals surface area (Å²) in [5, 5.41) is 9.62. The molecule has 1 spiro atoms. The number of hydrogen-bond donors (Lipinski definition) is 1. The van der Waals surface area contributed by atoms with Crippen LogP contribution in [0.15, 0.2) is 25.3 Å². The summed E-state index contributed by atoms with van der Waals surface area (Å²) in [7, 11) is 0. The molecule has 2 unspecified atom stereocenters. The van der Waals surface area contributed by atoms with Crippen molar-refractivity contribution >= 4 is 29.5 Å². The van der Waals surface area contributed by atoms with Gasteiger partial charge in [0.1, 0.15) is 6.04 Å². The normalized spacial score (nSPS) is 30.4. The second-order valence-electron chi connectivity index (χ2n) is 10.8. The van der Waals surface area contributed by atoms with Gasteiger partial charge in [0.15, 0.2) is 0 Å². The van der Waals surface area contributed by atoms with E-state index in [0.29, 0.717) is 52.4 Å². The minimum atomic E-state index is -0.636. The molecule has 0 radical (unpaired) electrons. The molecule has 38 heavy (non-hydrogen) atoms. The highest BCUT2D eigenvalue weighted by atomic mass is 32.2. The molecule has 4 aliphatic rings. The van der Waals surface area contributed by atoms with Gasteiger partial charge in [-0.2, -0.15) is 0 Å². The van der Waals surface area contributed by atoms with Gasteiger partial charge in [-0.3, -0.25) is 19.3 Å².